The minimum atomic E-state index is 0.406. The molecule has 1 unspecified atom stereocenters. The summed E-state index contributed by atoms with van der Waals surface area (Å²) < 4.78 is 5.68. The molecule has 0 aliphatic carbocycles. The molecule has 122 valence electrons. The Kier molecular flexibility index (Phi) is 5.23. The second-order valence-corrected chi connectivity index (χ2v) is 6.55. The maximum atomic E-state index is 5.68. The Morgan fingerprint density at radius 3 is 2.83 bits per heavy atom. The van der Waals surface area contributed by atoms with Crippen molar-refractivity contribution in [1.29, 1.82) is 0 Å². The van der Waals surface area contributed by atoms with E-state index in [9.17, 15) is 0 Å². The predicted molar refractivity (Wildman–Crippen MR) is 92.7 cm³/mol. The summed E-state index contributed by atoms with van der Waals surface area (Å²) >= 11 is 0. The van der Waals surface area contributed by atoms with Gasteiger partial charge in [0.15, 0.2) is 0 Å². The normalized spacial score (nSPS) is 18.4. The quantitative estimate of drug-likeness (QED) is 0.849. The third-order valence-corrected chi connectivity index (χ3v) is 4.16. The van der Waals surface area contributed by atoms with Crippen molar-refractivity contribution in [1.82, 2.24) is 9.97 Å². The minimum absolute atomic E-state index is 0.406. The van der Waals surface area contributed by atoms with Gasteiger partial charge in [-0.1, -0.05) is 44.2 Å². The zero-order chi connectivity index (χ0) is 16.1. The molecule has 23 heavy (non-hydrogen) atoms. The van der Waals surface area contributed by atoms with Gasteiger partial charge in [0, 0.05) is 19.2 Å². The lowest BCUT2D eigenvalue weighted by Gasteiger charge is -2.37. The van der Waals surface area contributed by atoms with Gasteiger partial charge in [-0.15, -0.1) is 0 Å². The number of ether oxygens (including phenoxy) is 1. The summed E-state index contributed by atoms with van der Waals surface area (Å²) in [5.74, 6) is 2.55. The summed E-state index contributed by atoms with van der Waals surface area (Å²) in [7, 11) is 0. The van der Waals surface area contributed by atoms with Crippen LogP contribution in [-0.4, -0.2) is 35.8 Å². The summed E-state index contributed by atoms with van der Waals surface area (Å²) in [6.07, 6.45) is 3.77. The van der Waals surface area contributed by atoms with E-state index in [1.807, 2.05) is 18.3 Å². The van der Waals surface area contributed by atoms with Crippen LogP contribution < -0.4 is 4.90 Å². The number of hydrogen-bond acceptors (Lipinski definition) is 4. The van der Waals surface area contributed by atoms with Crippen LogP contribution in [0.25, 0.3) is 0 Å². The van der Waals surface area contributed by atoms with E-state index in [1.165, 1.54) is 5.56 Å². The number of hydrogen-bond donors (Lipinski definition) is 0. The van der Waals surface area contributed by atoms with Crippen molar-refractivity contribution in [2.75, 3.05) is 24.7 Å². The standard InChI is InChI=1S/C19H25N3O/c1-15(2)12-17-14-23-11-10-22(17)19-8-9-20-18(21-19)13-16-6-4-3-5-7-16/h3-9,15,17H,10-14H2,1-2H3. The van der Waals surface area contributed by atoms with Crippen molar-refractivity contribution in [2.24, 2.45) is 5.92 Å². The first-order valence-electron chi connectivity index (χ1n) is 8.42. The molecule has 1 aliphatic rings. The Bertz CT molecular complexity index is 615. The Balaban J connectivity index is 1.77. The van der Waals surface area contributed by atoms with Gasteiger partial charge in [0.2, 0.25) is 0 Å². The summed E-state index contributed by atoms with van der Waals surface area (Å²) in [6.45, 7) is 6.98. The molecule has 4 nitrogen and oxygen atoms in total. The predicted octanol–water partition coefficient (Wildman–Crippen LogP) is 3.32. The largest absolute Gasteiger partial charge is 0.377 e. The highest BCUT2D eigenvalue weighted by molar-refractivity contribution is 5.40. The van der Waals surface area contributed by atoms with E-state index >= 15 is 0 Å². The molecule has 0 spiro atoms. The number of rotatable bonds is 5. The summed E-state index contributed by atoms with van der Waals surface area (Å²) in [5.41, 5.74) is 1.24. The lowest BCUT2D eigenvalue weighted by atomic mass is 10.0. The monoisotopic (exact) mass is 311 g/mol. The van der Waals surface area contributed by atoms with Gasteiger partial charge >= 0.3 is 0 Å². The topological polar surface area (TPSA) is 38.2 Å². The fraction of sp³-hybridized carbons (Fsp3) is 0.474. The third kappa shape index (κ3) is 4.29. The van der Waals surface area contributed by atoms with Gasteiger partial charge in [0.05, 0.1) is 19.3 Å². The van der Waals surface area contributed by atoms with Gasteiger partial charge in [-0.25, -0.2) is 9.97 Å². The van der Waals surface area contributed by atoms with Crippen molar-refractivity contribution in [3.8, 4) is 0 Å². The average molecular weight is 311 g/mol. The van der Waals surface area contributed by atoms with Crippen molar-refractivity contribution in [3.63, 3.8) is 0 Å². The number of morpholine rings is 1. The highest BCUT2D eigenvalue weighted by atomic mass is 16.5. The zero-order valence-corrected chi connectivity index (χ0v) is 14.0. The first-order valence-corrected chi connectivity index (χ1v) is 8.42. The van der Waals surface area contributed by atoms with Crippen LogP contribution in [0.1, 0.15) is 31.7 Å². The molecule has 0 amide bonds. The zero-order valence-electron chi connectivity index (χ0n) is 14.0. The molecule has 2 heterocycles. The molecule has 1 saturated heterocycles. The molecule has 0 N–H and O–H groups in total. The van der Waals surface area contributed by atoms with Gasteiger partial charge in [-0.3, -0.25) is 0 Å². The molecule has 1 aromatic heterocycles. The Labute approximate surface area is 138 Å². The van der Waals surface area contributed by atoms with E-state index in [-0.39, 0.29) is 0 Å². The molecule has 2 aromatic rings. The average Bonchev–Trinajstić information content (AvgIpc) is 2.56. The van der Waals surface area contributed by atoms with Crippen LogP contribution >= 0.6 is 0 Å². The fourth-order valence-electron chi connectivity index (χ4n) is 3.11. The lowest BCUT2D eigenvalue weighted by Crippen LogP contribution is -2.46. The summed E-state index contributed by atoms with van der Waals surface area (Å²) in [6, 6.07) is 12.8. The van der Waals surface area contributed by atoms with Crippen LogP contribution in [0.4, 0.5) is 5.82 Å². The van der Waals surface area contributed by atoms with Crippen LogP contribution in [0, 0.1) is 5.92 Å². The van der Waals surface area contributed by atoms with Crippen LogP contribution in [0.2, 0.25) is 0 Å². The van der Waals surface area contributed by atoms with E-state index in [0.29, 0.717) is 12.0 Å². The molecule has 0 radical (unpaired) electrons. The molecule has 1 atom stereocenters. The summed E-state index contributed by atoms with van der Waals surface area (Å²) in [4.78, 5) is 11.6. The van der Waals surface area contributed by atoms with Crippen LogP contribution in [0.5, 0.6) is 0 Å². The van der Waals surface area contributed by atoms with Crippen molar-refractivity contribution >= 4 is 5.82 Å². The van der Waals surface area contributed by atoms with Gasteiger partial charge in [-0.2, -0.15) is 0 Å². The molecular weight excluding hydrogens is 286 g/mol. The number of aromatic nitrogens is 2. The van der Waals surface area contributed by atoms with Crippen molar-refractivity contribution in [2.45, 2.75) is 32.7 Å². The molecule has 0 bridgehead atoms. The Hall–Kier alpha value is -1.94. The Morgan fingerprint density at radius 2 is 2.04 bits per heavy atom. The van der Waals surface area contributed by atoms with E-state index in [4.69, 9.17) is 9.72 Å². The van der Waals surface area contributed by atoms with Crippen LogP contribution in [0.15, 0.2) is 42.6 Å². The highest BCUT2D eigenvalue weighted by Crippen LogP contribution is 2.22. The molecule has 3 rings (SSSR count). The smallest absolute Gasteiger partial charge is 0.135 e. The maximum Gasteiger partial charge on any atom is 0.135 e. The van der Waals surface area contributed by atoms with Gasteiger partial charge in [-0.05, 0) is 24.0 Å². The number of nitrogens with zero attached hydrogens (tertiary/aromatic N) is 3. The van der Waals surface area contributed by atoms with Gasteiger partial charge < -0.3 is 9.64 Å². The SMILES string of the molecule is CC(C)CC1COCCN1c1ccnc(Cc2ccccc2)n1. The maximum absolute atomic E-state index is 5.68. The van der Waals surface area contributed by atoms with Crippen LogP contribution in [-0.2, 0) is 11.2 Å². The number of anilines is 1. The second kappa shape index (κ2) is 7.55. The van der Waals surface area contributed by atoms with Crippen LogP contribution in [0.3, 0.4) is 0 Å². The van der Waals surface area contributed by atoms with E-state index < -0.39 is 0 Å². The fourth-order valence-corrected chi connectivity index (χ4v) is 3.11. The second-order valence-electron chi connectivity index (χ2n) is 6.55. The third-order valence-electron chi connectivity index (χ3n) is 4.16. The molecule has 4 heteroatoms. The highest BCUT2D eigenvalue weighted by Gasteiger charge is 2.25. The molecule has 1 aliphatic heterocycles. The van der Waals surface area contributed by atoms with Crippen molar-refractivity contribution < 1.29 is 4.74 Å². The molecule has 0 saturated carbocycles. The van der Waals surface area contributed by atoms with E-state index in [0.717, 1.165) is 44.2 Å². The minimum Gasteiger partial charge on any atom is -0.377 e. The van der Waals surface area contributed by atoms with E-state index in [2.05, 4.69) is 48.0 Å². The Morgan fingerprint density at radius 1 is 1.22 bits per heavy atom. The molecular formula is C19H25N3O. The number of benzene rings is 1. The van der Waals surface area contributed by atoms with Gasteiger partial charge in [0.25, 0.3) is 0 Å². The first-order chi connectivity index (χ1) is 11.2. The van der Waals surface area contributed by atoms with E-state index in [1.54, 1.807) is 0 Å². The first kappa shape index (κ1) is 15.9. The molecule has 1 fully saturated rings. The summed E-state index contributed by atoms with van der Waals surface area (Å²) in [5, 5.41) is 0. The van der Waals surface area contributed by atoms with Crippen molar-refractivity contribution in [3.05, 3.63) is 54.0 Å². The lowest BCUT2D eigenvalue weighted by molar-refractivity contribution is 0.0873. The van der Waals surface area contributed by atoms with Gasteiger partial charge in [0.1, 0.15) is 11.6 Å². The molecule has 1 aromatic carbocycles.